The first-order valence-corrected chi connectivity index (χ1v) is 6.80. The molecule has 0 fully saturated rings. The van der Waals surface area contributed by atoms with E-state index < -0.39 is 7.12 Å². The third-order valence-corrected chi connectivity index (χ3v) is 3.62. The zero-order valence-electron chi connectivity index (χ0n) is 12.3. The molecule has 0 aliphatic heterocycles. The molecule has 0 spiro atoms. The van der Waals surface area contributed by atoms with Crippen LogP contribution in [0.15, 0.2) is 18.2 Å². The highest BCUT2D eigenvalue weighted by molar-refractivity contribution is 6.59. The molecular formula is C14H24BNO3. The molecule has 0 aliphatic rings. The minimum absolute atomic E-state index is 0.458. The van der Waals surface area contributed by atoms with Gasteiger partial charge in [-0.2, -0.15) is 0 Å². The third-order valence-electron chi connectivity index (χ3n) is 3.62. The fraction of sp³-hybridized carbons (Fsp3) is 0.571. The SMILES string of the molecule is CCC(C)N(CC)Cc1cc(OC)ccc1B(O)O. The van der Waals surface area contributed by atoms with Crippen molar-refractivity contribution in [1.82, 2.24) is 4.90 Å². The number of hydrogen-bond donors (Lipinski definition) is 2. The Hall–Kier alpha value is -1.04. The third kappa shape index (κ3) is 4.23. The van der Waals surface area contributed by atoms with Crippen LogP contribution in [0.25, 0.3) is 0 Å². The maximum atomic E-state index is 9.45. The van der Waals surface area contributed by atoms with Gasteiger partial charge in [0.25, 0.3) is 0 Å². The van der Waals surface area contributed by atoms with Crippen LogP contribution in [-0.2, 0) is 6.54 Å². The Labute approximate surface area is 116 Å². The van der Waals surface area contributed by atoms with Crippen molar-refractivity contribution < 1.29 is 14.8 Å². The number of rotatable bonds is 7. The van der Waals surface area contributed by atoms with Gasteiger partial charge in [-0.15, -0.1) is 0 Å². The summed E-state index contributed by atoms with van der Waals surface area (Å²) in [6.07, 6.45) is 1.06. The fourth-order valence-electron chi connectivity index (χ4n) is 2.15. The second kappa shape index (κ2) is 7.53. The van der Waals surface area contributed by atoms with Crippen molar-refractivity contribution in [3.8, 4) is 5.75 Å². The first kappa shape index (κ1) is 16.0. The number of benzene rings is 1. The molecule has 0 radical (unpaired) electrons. The lowest BCUT2D eigenvalue weighted by atomic mass is 9.76. The predicted octanol–water partition coefficient (Wildman–Crippen LogP) is 0.995. The molecule has 0 bridgehead atoms. The molecule has 2 N–H and O–H groups in total. The van der Waals surface area contributed by atoms with Gasteiger partial charge in [0.05, 0.1) is 7.11 Å². The average molecular weight is 265 g/mol. The van der Waals surface area contributed by atoms with Crippen LogP contribution in [-0.4, -0.2) is 41.8 Å². The second-order valence-corrected chi connectivity index (χ2v) is 4.76. The zero-order valence-corrected chi connectivity index (χ0v) is 12.3. The number of ether oxygens (including phenoxy) is 1. The lowest BCUT2D eigenvalue weighted by Crippen LogP contribution is -2.38. The van der Waals surface area contributed by atoms with Crippen LogP contribution in [0.4, 0.5) is 0 Å². The van der Waals surface area contributed by atoms with Crippen molar-refractivity contribution in [3.05, 3.63) is 23.8 Å². The Balaban J connectivity index is 3.02. The Morgan fingerprint density at radius 1 is 1.32 bits per heavy atom. The predicted molar refractivity (Wildman–Crippen MR) is 78.7 cm³/mol. The van der Waals surface area contributed by atoms with Gasteiger partial charge < -0.3 is 14.8 Å². The second-order valence-electron chi connectivity index (χ2n) is 4.76. The van der Waals surface area contributed by atoms with E-state index in [1.807, 2.05) is 6.07 Å². The van der Waals surface area contributed by atoms with Crippen LogP contribution in [0.5, 0.6) is 5.75 Å². The molecule has 5 heteroatoms. The van der Waals surface area contributed by atoms with Crippen LogP contribution in [0.3, 0.4) is 0 Å². The van der Waals surface area contributed by atoms with Gasteiger partial charge in [-0.3, -0.25) is 4.90 Å². The molecule has 0 aromatic heterocycles. The minimum Gasteiger partial charge on any atom is -0.497 e. The molecule has 0 saturated heterocycles. The van der Waals surface area contributed by atoms with E-state index in [2.05, 4.69) is 25.7 Å². The maximum absolute atomic E-state index is 9.45. The largest absolute Gasteiger partial charge is 0.497 e. The van der Waals surface area contributed by atoms with Crippen molar-refractivity contribution in [2.75, 3.05) is 13.7 Å². The summed E-state index contributed by atoms with van der Waals surface area (Å²) in [4.78, 5) is 2.31. The Kier molecular flexibility index (Phi) is 6.35. The molecule has 0 saturated carbocycles. The molecule has 0 heterocycles. The molecule has 1 aromatic carbocycles. The highest BCUT2D eigenvalue weighted by Crippen LogP contribution is 2.15. The molecule has 1 unspecified atom stereocenters. The van der Waals surface area contributed by atoms with E-state index in [4.69, 9.17) is 4.74 Å². The van der Waals surface area contributed by atoms with Crippen molar-refractivity contribution in [2.24, 2.45) is 0 Å². The van der Waals surface area contributed by atoms with Crippen molar-refractivity contribution in [2.45, 2.75) is 39.8 Å². The van der Waals surface area contributed by atoms with E-state index in [0.717, 1.165) is 24.3 Å². The Bertz CT molecular complexity index is 398. The zero-order chi connectivity index (χ0) is 14.4. The van der Waals surface area contributed by atoms with Crippen molar-refractivity contribution in [3.63, 3.8) is 0 Å². The van der Waals surface area contributed by atoms with Gasteiger partial charge in [0, 0.05) is 12.6 Å². The summed E-state index contributed by atoms with van der Waals surface area (Å²) < 4.78 is 5.21. The van der Waals surface area contributed by atoms with Gasteiger partial charge >= 0.3 is 7.12 Å². The van der Waals surface area contributed by atoms with Gasteiger partial charge in [-0.1, -0.05) is 19.9 Å². The highest BCUT2D eigenvalue weighted by atomic mass is 16.5. The smallest absolute Gasteiger partial charge is 0.488 e. The van der Waals surface area contributed by atoms with E-state index in [-0.39, 0.29) is 0 Å². The van der Waals surface area contributed by atoms with Crippen LogP contribution in [0, 0.1) is 0 Å². The molecule has 106 valence electrons. The standard InChI is InChI=1S/C14H24BNO3/c1-5-11(3)16(6-2)10-12-9-13(19-4)7-8-14(12)15(17)18/h7-9,11,17-18H,5-6,10H2,1-4H3. The summed E-state index contributed by atoms with van der Waals surface area (Å²) in [5.41, 5.74) is 1.44. The molecule has 1 aromatic rings. The molecule has 19 heavy (non-hydrogen) atoms. The first-order chi connectivity index (χ1) is 9.03. The Morgan fingerprint density at radius 3 is 2.47 bits per heavy atom. The van der Waals surface area contributed by atoms with Gasteiger partial charge in [0.2, 0.25) is 0 Å². The molecule has 1 atom stereocenters. The quantitative estimate of drug-likeness (QED) is 0.722. The van der Waals surface area contributed by atoms with E-state index in [1.54, 1.807) is 19.2 Å². The molecule has 4 nitrogen and oxygen atoms in total. The summed E-state index contributed by atoms with van der Waals surface area (Å²) >= 11 is 0. The lowest BCUT2D eigenvalue weighted by Gasteiger charge is -2.28. The number of nitrogens with zero attached hydrogens (tertiary/aromatic N) is 1. The van der Waals surface area contributed by atoms with Crippen molar-refractivity contribution >= 4 is 12.6 Å². The Morgan fingerprint density at radius 2 is 2.00 bits per heavy atom. The van der Waals surface area contributed by atoms with Crippen LogP contribution in [0.2, 0.25) is 0 Å². The minimum atomic E-state index is -1.45. The number of hydrogen-bond acceptors (Lipinski definition) is 4. The average Bonchev–Trinajstić information content (AvgIpc) is 2.43. The van der Waals surface area contributed by atoms with Crippen LogP contribution >= 0.6 is 0 Å². The summed E-state index contributed by atoms with van der Waals surface area (Å²) in [5, 5.41) is 18.9. The number of methoxy groups -OCH3 is 1. The van der Waals surface area contributed by atoms with E-state index in [1.165, 1.54) is 0 Å². The highest BCUT2D eigenvalue weighted by Gasteiger charge is 2.19. The van der Waals surface area contributed by atoms with Gasteiger partial charge in [-0.05, 0) is 43.0 Å². The summed E-state index contributed by atoms with van der Waals surface area (Å²) in [7, 11) is 0.164. The van der Waals surface area contributed by atoms with Crippen LogP contribution in [0.1, 0.15) is 32.8 Å². The van der Waals surface area contributed by atoms with Crippen LogP contribution < -0.4 is 10.2 Å². The van der Waals surface area contributed by atoms with Gasteiger partial charge in [-0.25, -0.2) is 0 Å². The topological polar surface area (TPSA) is 52.9 Å². The van der Waals surface area contributed by atoms with Gasteiger partial charge in [0.1, 0.15) is 5.75 Å². The summed E-state index contributed by atoms with van der Waals surface area (Å²) in [5.74, 6) is 0.736. The first-order valence-electron chi connectivity index (χ1n) is 6.80. The maximum Gasteiger partial charge on any atom is 0.488 e. The van der Waals surface area contributed by atoms with E-state index in [9.17, 15) is 10.0 Å². The van der Waals surface area contributed by atoms with E-state index in [0.29, 0.717) is 18.0 Å². The summed E-state index contributed by atoms with van der Waals surface area (Å²) in [6, 6.07) is 5.79. The van der Waals surface area contributed by atoms with E-state index >= 15 is 0 Å². The summed E-state index contributed by atoms with van der Waals surface area (Å²) in [6.45, 7) is 8.06. The monoisotopic (exact) mass is 265 g/mol. The molecule has 1 rings (SSSR count). The molecule has 0 amide bonds. The fourth-order valence-corrected chi connectivity index (χ4v) is 2.15. The molecular weight excluding hydrogens is 241 g/mol. The lowest BCUT2D eigenvalue weighted by molar-refractivity contribution is 0.206. The molecule has 0 aliphatic carbocycles. The normalized spacial score (nSPS) is 12.6. The van der Waals surface area contributed by atoms with Crippen molar-refractivity contribution in [1.29, 1.82) is 0 Å². The van der Waals surface area contributed by atoms with Gasteiger partial charge in [0.15, 0.2) is 0 Å².